The molecule has 0 aliphatic carbocycles. The van der Waals surface area contributed by atoms with Crippen LogP contribution in [0.2, 0.25) is 32.7 Å². The average molecular weight is 263 g/mol. The van der Waals surface area contributed by atoms with Gasteiger partial charge in [0, 0.05) is 0 Å². The van der Waals surface area contributed by atoms with Crippen molar-refractivity contribution in [3.05, 3.63) is 54.9 Å². The van der Waals surface area contributed by atoms with Crippen molar-refractivity contribution in [1.29, 1.82) is 0 Å². The molecule has 0 aliphatic heterocycles. The Morgan fingerprint density at radius 2 is 1.24 bits per heavy atom. The molecule has 1 aromatic rings. The van der Waals surface area contributed by atoms with Crippen LogP contribution in [-0.4, -0.2) is 16.1 Å². The lowest BCUT2D eigenvalue weighted by molar-refractivity contribution is 1.71. The first kappa shape index (κ1) is 16.1. The average Bonchev–Trinajstić information content (AvgIpc) is 2.30. The highest BCUT2D eigenvalue weighted by Crippen LogP contribution is 2.02. The third-order valence-electron chi connectivity index (χ3n) is 2.64. The topological polar surface area (TPSA) is 0 Å². The van der Waals surface area contributed by atoms with E-state index in [1.54, 1.807) is 0 Å². The summed E-state index contributed by atoms with van der Waals surface area (Å²) in [4.78, 5) is 0. The predicted molar refractivity (Wildman–Crippen MR) is 87.3 cm³/mol. The standard InChI is InChI=1S/C10H14Si.C5H12Si/c1-4-11(2,3)10-8-6-5-7-9-10;1-5-6(2,3)4/h4-9H,1H2,2-3H3;5H,1H2,2-4H3. The van der Waals surface area contributed by atoms with Crippen LogP contribution in [0.15, 0.2) is 54.9 Å². The van der Waals surface area contributed by atoms with Gasteiger partial charge in [-0.3, -0.25) is 0 Å². The molecule has 94 valence electrons. The highest BCUT2D eigenvalue weighted by atomic mass is 28.3. The van der Waals surface area contributed by atoms with Crippen molar-refractivity contribution < 1.29 is 0 Å². The summed E-state index contributed by atoms with van der Waals surface area (Å²) in [6.45, 7) is 19.0. The van der Waals surface area contributed by atoms with Gasteiger partial charge in [-0.05, 0) is 0 Å². The van der Waals surface area contributed by atoms with Crippen LogP contribution in [0.4, 0.5) is 0 Å². The normalized spacial score (nSPS) is 11.1. The van der Waals surface area contributed by atoms with E-state index in [0.29, 0.717) is 0 Å². The Labute approximate surface area is 109 Å². The van der Waals surface area contributed by atoms with Gasteiger partial charge in [-0.25, -0.2) is 0 Å². The van der Waals surface area contributed by atoms with Crippen molar-refractivity contribution in [2.75, 3.05) is 0 Å². The Morgan fingerprint density at radius 1 is 0.824 bits per heavy atom. The van der Waals surface area contributed by atoms with Gasteiger partial charge in [0.25, 0.3) is 0 Å². The molecule has 0 atom stereocenters. The van der Waals surface area contributed by atoms with Crippen molar-refractivity contribution in [3.8, 4) is 0 Å². The molecule has 1 rings (SSSR count). The molecule has 2 heteroatoms. The fraction of sp³-hybridized carbons (Fsp3) is 0.333. The number of hydrogen-bond donors (Lipinski definition) is 0. The fourth-order valence-corrected chi connectivity index (χ4v) is 2.27. The molecular weight excluding hydrogens is 236 g/mol. The van der Waals surface area contributed by atoms with Crippen molar-refractivity contribution in [2.24, 2.45) is 0 Å². The predicted octanol–water partition coefficient (Wildman–Crippen LogP) is 4.38. The Morgan fingerprint density at radius 3 is 1.53 bits per heavy atom. The molecule has 0 N–H and O–H groups in total. The Kier molecular flexibility index (Phi) is 6.42. The Bertz CT molecular complexity index is 345. The number of rotatable bonds is 3. The molecule has 17 heavy (non-hydrogen) atoms. The lowest BCUT2D eigenvalue weighted by Gasteiger charge is -2.16. The zero-order valence-electron chi connectivity index (χ0n) is 12.0. The minimum absolute atomic E-state index is 0.867. The van der Waals surface area contributed by atoms with E-state index in [1.165, 1.54) is 5.19 Å². The fourth-order valence-electron chi connectivity index (χ4n) is 0.986. The first-order valence-electron chi connectivity index (χ1n) is 6.05. The minimum Gasteiger partial charge on any atom is -0.107 e. The summed E-state index contributed by atoms with van der Waals surface area (Å²) >= 11 is 0. The second-order valence-electron chi connectivity index (χ2n) is 5.86. The maximum absolute atomic E-state index is 3.87. The first-order chi connectivity index (χ1) is 7.73. The van der Waals surface area contributed by atoms with Gasteiger partial charge in [0.1, 0.15) is 8.07 Å². The molecular formula is C15H26Si2. The SMILES string of the molecule is C=C[Si](C)(C)C.C=C[Si](C)(C)c1ccccc1. The molecule has 0 amide bonds. The third-order valence-corrected chi connectivity index (χ3v) is 6.71. The van der Waals surface area contributed by atoms with Crippen LogP contribution >= 0.6 is 0 Å². The van der Waals surface area contributed by atoms with Gasteiger partial charge < -0.3 is 0 Å². The Hall–Kier alpha value is -0.866. The molecule has 0 saturated heterocycles. The van der Waals surface area contributed by atoms with Crippen molar-refractivity contribution in [2.45, 2.75) is 32.7 Å². The van der Waals surface area contributed by atoms with Crippen LogP contribution in [0.3, 0.4) is 0 Å². The highest BCUT2D eigenvalue weighted by Gasteiger charge is 2.17. The molecule has 0 aromatic heterocycles. The van der Waals surface area contributed by atoms with E-state index in [2.05, 4.69) is 87.6 Å². The summed E-state index contributed by atoms with van der Waals surface area (Å²) in [5.74, 6) is 0. The number of hydrogen-bond acceptors (Lipinski definition) is 0. The Balaban J connectivity index is 0.000000366. The molecule has 0 bridgehead atoms. The van der Waals surface area contributed by atoms with Gasteiger partial charge in [-0.15, -0.1) is 18.9 Å². The molecule has 0 nitrogen and oxygen atoms in total. The second kappa shape index (κ2) is 6.77. The summed E-state index contributed by atoms with van der Waals surface area (Å²) in [5, 5.41) is 1.45. The van der Waals surface area contributed by atoms with Crippen molar-refractivity contribution in [1.82, 2.24) is 0 Å². The van der Waals surface area contributed by atoms with Gasteiger partial charge in [-0.2, -0.15) is 0 Å². The van der Waals surface area contributed by atoms with E-state index >= 15 is 0 Å². The van der Waals surface area contributed by atoms with Crippen LogP contribution in [0, 0.1) is 0 Å². The molecule has 0 unspecified atom stereocenters. The lowest BCUT2D eigenvalue weighted by Crippen LogP contribution is -2.38. The van der Waals surface area contributed by atoms with Crippen LogP contribution in [0.1, 0.15) is 0 Å². The van der Waals surface area contributed by atoms with Crippen LogP contribution in [-0.2, 0) is 0 Å². The molecule has 0 heterocycles. The molecule has 0 fully saturated rings. The van der Waals surface area contributed by atoms with E-state index in [9.17, 15) is 0 Å². The molecule has 0 saturated carbocycles. The zero-order chi connectivity index (χ0) is 13.5. The maximum Gasteiger partial charge on any atom is 0.103 e. The maximum atomic E-state index is 3.87. The van der Waals surface area contributed by atoms with E-state index < -0.39 is 16.1 Å². The summed E-state index contributed by atoms with van der Waals surface area (Å²) in [6, 6.07) is 10.6. The summed E-state index contributed by atoms with van der Waals surface area (Å²) < 4.78 is 0. The quantitative estimate of drug-likeness (QED) is 0.709. The highest BCUT2D eigenvalue weighted by molar-refractivity contribution is 6.93. The summed E-state index contributed by atoms with van der Waals surface area (Å²) in [5.41, 5.74) is 4.19. The summed E-state index contributed by atoms with van der Waals surface area (Å²) in [7, 11) is -2.16. The zero-order valence-corrected chi connectivity index (χ0v) is 14.0. The van der Waals surface area contributed by atoms with Gasteiger partial charge in [-0.1, -0.05) is 74.0 Å². The van der Waals surface area contributed by atoms with Crippen LogP contribution < -0.4 is 5.19 Å². The smallest absolute Gasteiger partial charge is 0.103 e. The minimum atomic E-state index is -1.29. The lowest BCUT2D eigenvalue weighted by atomic mass is 10.4. The van der Waals surface area contributed by atoms with E-state index in [-0.39, 0.29) is 0 Å². The molecule has 1 aromatic carbocycles. The van der Waals surface area contributed by atoms with E-state index in [4.69, 9.17) is 0 Å². The van der Waals surface area contributed by atoms with Gasteiger partial charge in [0.15, 0.2) is 0 Å². The van der Waals surface area contributed by atoms with Gasteiger partial charge in [0.2, 0.25) is 0 Å². The third kappa shape index (κ3) is 7.13. The first-order valence-corrected chi connectivity index (χ1v) is 12.7. The van der Waals surface area contributed by atoms with E-state index in [1.807, 2.05) is 0 Å². The molecule has 0 spiro atoms. The van der Waals surface area contributed by atoms with Crippen LogP contribution in [0.25, 0.3) is 0 Å². The van der Waals surface area contributed by atoms with Crippen molar-refractivity contribution in [3.63, 3.8) is 0 Å². The second-order valence-corrected chi connectivity index (χ2v) is 15.4. The summed E-state index contributed by atoms with van der Waals surface area (Å²) in [6.07, 6.45) is 0. The van der Waals surface area contributed by atoms with Crippen molar-refractivity contribution >= 4 is 21.3 Å². The molecule has 0 radical (unpaired) electrons. The number of benzene rings is 1. The monoisotopic (exact) mass is 262 g/mol. The van der Waals surface area contributed by atoms with Crippen LogP contribution in [0.5, 0.6) is 0 Å². The van der Waals surface area contributed by atoms with Gasteiger partial charge >= 0.3 is 0 Å². The van der Waals surface area contributed by atoms with E-state index in [0.717, 1.165) is 0 Å². The largest absolute Gasteiger partial charge is 0.107 e. The van der Waals surface area contributed by atoms with Gasteiger partial charge in [0.05, 0.1) is 8.07 Å². The molecule has 0 aliphatic rings.